The highest BCUT2D eigenvalue weighted by Gasteiger charge is 2.47. The predicted octanol–water partition coefficient (Wildman–Crippen LogP) is 23.1. The van der Waals surface area contributed by atoms with E-state index >= 15 is 0 Å². The van der Waals surface area contributed by atoms with Gasteiger partial charge in [0.25, 0.3) is 0 Å². The number of carboxylic acid groups (broad SMARTS) is 4. The first-order valence-corrected chi connectivity index (χ1v) is 48.2. The number of fused-ring (bicyclic) bond motifs is 4. The number of nitrogens with zero attached hydrogens (tertiary/aromatic N) is 11. The Hall–Kier alpha value is -11.1. The lowest BCUT2D eigenvalue weighted by Crippen LogP contribution is -2.44. The van der Waals surface area contributed by atoms with Crippen LogP contribution in [0.1, 0.15) is 260 Å². The first-order valence-electron chi connectivity index (χ1n) is 46.7. The average molecular weight is 1890 g/mol. The minimum atomic E-state index is -0.930. The number of hydrogen-bond donors (Lipinski definition) is 4. The number of ether oxygens (including phenoxy) is 1. The summed E-state index contributed by atoms with van der Waals surface area (Å²) < 4.78 is 13.2. The van der Waals surface area contributed by atoms with Gasteiger partial charge in [0.15, 0.2) is 0 Å². The van der Waals surface area contributed by atoms with Crippen molar-refractivity contribution in [3.63, 3.8) is 0 Å². The molecule has 24 nitrogen and oxygen atoms in total. The molecule has 8 aromatic carbocycles. The second-order valence-electron chi connectivity index (χ2n) is 39.3. The van der Waals surface area contributed by atoms with Crippen molar-refractivity contribution in [1.82, 2.24) is 33.3 Å². The molecule has 0 radical (unpaired) electrons. The Kier molecular flexibility index (Phi) is 27.5. The van der Waals surface area contributed by atoms with Gasteiger partial charge in [-0.3, -0.25) is 19.6 Å². The van der Waals surface area contributed by atoms with E-state index in [-0.39, 0.29) is 56.3 Å². The molecule has 4 fully saturated rings. The molecule has 11 aromatic rings. The maximum atomic E-state index is 11.1. The molecular weight excluding hydrogens is 1780 g/mol. The van der Waals surface area contributed by atoms with Crippen LogP contribution in [0.3, 0.4) is 0 Å². The molecule has 20 rings (SSSR count). The van der Waals surface area contributed by atoms with Crippen molar-refractivity contribution in [2.24, 2.45) is 20.6 Å². The van der Waals surface area contributed by atoms with E-state index in [1.165, 1.54) is 55.2 Å². The first-order chi connectivity index (χ1) is 64.1. The van der Waals surface area contributed by atoms with Crippen molar-refractivity contribution in [3.05, 3.63) is 274 Å². The van der Waals surface area contributed by atoms with Crippen LogP contribution in [0.2, 0.25) is 20.1 Å². The van der Waals surface area contributed by atoms with Gasteiger partial charge in [0.1, 0.15) is 33.8 Å². The average Bonchev–Trinajstić information content (AvgIpc) is 1.61. The van der Waals surface area contributed by atoms with Crippen LogP contribution in [0, 0.1) is 13.8 Å². The van der Waals surface area contributed by atoms with Crippen LogP contribution in [-0.2, 0) is 52.0 Å². The molecule has 12 heterocycles. The fraction of sp³-hybridized carbons (Fsp3) is 0.415. The molecule has 3 aromatic heterocycles. The number of halogens is 4. The topological polar surface area (TPSA) is 273 Å². The van der Waals surface area contributed by atoms with Crippen LogP contribution < -0.4 is 4.74 Å². The molecule has 0 atom stereocenters. The van der Waals surface area contributed by atoms with Crippen molar-refractivity contribution in [3.8, 4) is 5.75 Å². The van der Waals surface area contributed by atoms with Gasteiger partial charge in [-0.2, -0.15) is 0 Å². The summed E-state index contributed by atoms with van der Waals surface area (Å²) in [5.74, 6) is -2.61. The summed E-state index contributed by atoms with van der Waals surface area (Å²) in [4.78, 5) is 78.2. The third-order valence-corrected chi connectivity index (χ3v) is 29.6. The molecule has 28 heteroatoms. The lowest BCUT2D eigenvalue weighted by atomic mass is 9.85. The number of likely N-dealkylation sites (tertiary alicyclic amines) is 4. The highest BCUT2D eigenvalue weighted by atomic mass is 35.5. The molecule has 0 amide bonds. The zero-order valence-electron chi connectivity index (χ0n) is 77.7. The van der Waals surface area contributed by atoms with Gasteiger partial charge in [-0.1, -0.05) is 140 Å². The smallest absolute Gasteiger partial charge is 0.335 e. The van der Waals surface area contributed by atoms with Crippen molar-refractivity contribution in [1.29, 1.82) is 0 Å². The number of piperidine rings is 4. The highest BCUT2D eigenvalue weighted by Crippen LogP contribution is 2.46. The van der Waals surface area contributed by atoms with Crippen LogP contribution in [-0.4, -0.2) is 181 Å². The third-order valence-electron chi connectivity index (χ3n) is 28.4. The van der Waals surface area contributed by atoms with Gasteiger partial charge in [0.2, 0.25) is 0 Å². The van der Waals surface area contributed by atoms with Crippen molar-refractivity contribution >= 4 is 126 Å². The number of aromatic nitrogens is 3. The Morgan fingerprint density at radius 2 is 0.694 bits per heavy atom. The minimum Gasteiger partial charge on any atom is -0.487 e. The highest BCUT2D eigenvalue weighted by molar-refractivity contribution is 6.40. The van der Waals surface area contributed by atoms with Gasteiger partial charge >= 0.3 is 23.9 Å². The van der Waals surface area contributed by atoms with Crippen LogP contribution in [0.4, 0.5) is 0 Å². The molecule has 0 bridgehead atoms. The zero-order valence-corrected chi connectivity index (χ0v) is 80.7. The number of para-hydroxylation sites is 1. The standard InChI is InChI=1S/2C27H30ClN3O3.C26H27Cl2N3O3.C26H30N2O4/c1-17(2)31-16-21(24-18(3)4-9-22(28)25(24)31)15-30-12-10-27(11-13-30)14-23(29-34-27)19-5-7-20(8-6-19)26(32)33;1-17(2)31-16-21(23-13-22(28)12-18(3)25(23)31)15-30-10-8-27(9-11-30)14-24(29-34-27)19-4-6-20(7-5-19)26(32)33;1-16(2)31-15-19(23-20(27)7-8-21(28)24(23)31)14-30-11-9-26(10-12-30)13-22(29-34-26)17-3-5-18(6-4-17)25(32)33;1-25(2)11-10-19-4-3-5-21(23(19)31-25)17-28-14-12-26(13-15-28)16-22(27-32-26)18-6-8-20(9-7-18)24(29)30/h4-9,16-17H,10-15H2,1-3H3,(H,32,33);4-7,12-13,16-17H,8-11,14-15H2,1-3H3,(H,32,33);3-8,15-16H,9-14H2,1-2H3,(H,32,33);3-9H,10-17H2,1-2H3,(H,29,30). The lowest BCUT2D eigenvalue weighted by Gasteiger charge is -2.38. The molecule has 4 N–H and O–H groups in total. The van der Waals surface area contributed by atoms with E-state index in [1.807, 2.05) is 60.7 Å². The second kappa shape index (κ2) is 39.0. The molecule has 134 heavy (non-hydrogen) atoms. The zero-order chi connectivity index (χ0) is 94.5. The second-order valence-corrected chi connectivity index (χ2v) is 40.9. The van der Waals surface area contributed by atoms with E-state index in [0.717, 1.165) is 256 Å². The molecule has 4 spiro atoms. The maximum absolute atomic E-state index is 11.1. The van der Waals surface area contributed by atoms with Crippen molar-refractivity contribution in [2.45, 2.75) is 231 Å². The van der Waals surface area contributed by atoms with Gasteiger partial charge < -0.3 is 58.2 Å². The number of hydrogen-bond acceptors (Lipinski definition) is 17. The first kappa shape index (κ1) is 94.7. The van der Waals surface area contributed by atoms with Gasteiger partial charge in [-0.25, -0.2) is 19.2 Å². The number of carbonyl (C=O) groups is 4. The number of aryl methyl sites for hydroxylation is 3. The summed E-state index contributed by atoms with van der Waals surface area (Å²) >= 11 is 26.2. The van der Waals surface area contributed by atoms with Gasteiger partial charge in [-0.15, -0.1) is 0 Å². The summed E-state index contributed by atoms with van der Waals surface area (Å²) in [7, 11) is 0. The van der Waals surface area contributed by atoms with Gasteiger partial charge in [-0.05, 0) is 217 Å². The molecule has 9 aliphatic heterocycles. The summed E-state index contributed by atoms with van der Waals surface area (Å²) in [5.41, 5.74) is 19.5. The largest absolute Gasteiger partial charge is 0.487 e. The number of oxime groups is 4. The van der Waals surface area contributed by atoms with E-state index in [0.29, 0.717) is 12.1 Å². The van der Waals surface area contributed by atoms with E-state index in [1.54, 1.807) is 60.7 Å². The molecule has 0 unspecified atom stereocenters. The number of rotatable bonds is 19. The van der Waals surface area contributed by atoms with Crippen LogP contribution in [0.25, 0.3) is 32.7 Å². The van der Waals surface area contributed by atoms with E-state index in [9.17, 15) is 19.2 Å². The normalized spacial score (nSPS) is 18.8. The number of carboxylic acids is 4. The minimum absolute atomic E-state index is 0.108. The summed E-state index contributed by atoms with van der Waals surface area (Å²) in [6, 6.07) is 47.0. The Morgan fingerprint density at radius 1 is 0.373 bits per heavy atom. The van der Waals surface area contributed by atoms with E-state index in [4.69, 9.17) is 90.9 Å². The SMILES string of the molecule is CC(C)n1cc(CN2CCC3(CC2)CC(c2ccc(C(=O)O)cc2)=NO3)c2c(Cl)ccc(Cl)c21.CC1(C)CCc2cccc(CN3CCC4(CC3)CC(c3ccc(C(=O)O)cc3)=NO4)c2O1.Cc1cc(Cl)cc2c(CN3CCC4(CC3)CC(c3ccc(C(=O)O)cc3)=NO4)cn(C(C)C)c12.Cc1ccc(Cl)c2c1c(CN1CCC3(CC1)CC(c1ccc(C(=O)O)cc1)=NO3)cn2C(C)C. The maximum Gasteiger partial charge on any atom is 0.335 e. The van der Waals surface area contributed by atoms with Gasteiger partial charge in [0, 0.05) is 219 Å². The Labute approximate surface area is 801 Å². The fourth-order valence-corrected chi connectivity index (χ4v) is 21.6. The van der Waals surface area contributed by atoms with E-state index < -0.39 is 23.9 Å². The number of benzene rings is 8. The lowest BCUT2D eigenvalue weighted by molar-refractivity contribution is -0.0629. The van der Waals surface area contributed by atoms with Gasteiger partial charge in [0.05, 0.1) is 76.7 Å². The molecule has 9 aliphatic rings. The van der Waals surface area contributed by atoms with Crippen molar-refractivity contribution < 1.29 is 63.7 Å². The molecule has 0 aliphatic carbocycles. The molecular formula is C106H117Cl4N11O13. The molecule has 702 valence electrons. The summed E-state index contributed by atoms with van der Waals surface area (Å²) in [5, 5.41) is 60.5. The third kappa shape index (κ3) is 20.4. The summed E-state index contributed by atoms with van der Waals surface area (Å²) in [6.07, 6.45) is 19.1. The fourth-order valence-electron chi connectivity index (χ4n) is 20.5. The quantitative estimate of drug-likeness (QED) is 0.0586. The molecule has 4 saturated heterocycles. The van der Waals surface area contributed by atoms with Crippen molar-refractivity contribution in [2.75, 3.05) is 52.4 Å². The Morgan fingerprint density at radius 3 is 1.06 bits per heavy atom. The predicted molar refractivity (Wildman–Crippen MR) is 527 cm³/mol. The number of aromatic carboxylic acids is 4. The van der Waals surface area contributed by atoms with Crippen LogP contribution in [0.15, 0.2) is 191 Å². The Balaban J connectivity index is 0.000000124. The monoisotopic (exact) mass is 1890 g/mol. The van der Waals surface area contributed by atoms with Crippen LogP contribution in [0.5, 0.6) is 5.75 Å². The Bertz CT molecular complexity index is 6200. The molecule has 0 saturated carbocycles. The summed E-state index contributed by atoms with van der Waals surface area (Å²) in [6.45, 7) is 32.7. The van der Waals surface area contributed by atoms with Crippen LogP contribution >= 0.6 is 46.4 Å². The van der Waals surface area contributed by atoms with E-state index in [2.05, 4.69) is 172 Å².